The zero-order valence-electron chi connectivity index (χ0n) is 17.6. The molecule has 4 aliphatic rings. The van der Waals surface area contributed by atoms with Crippen LogP contribution in [0.1, 0.15) is 40.0 Å². The Kier molecular flexibility index (Phi) is 4.42. The second-order valence-electron chi connectivity index (χ2n) is 9.57. The van der Waals surface area contributed by atoms with Gasteiger partial charge in [-0.05, 0) is 62.4 Å². The van der Waals surface area contributed by atoms with Gasteiger partial charge in [0.15, 0.2) is 0 Å². The Hall–Kier alpha value is -2.66. The zero-order chi connectivity index (χ0) is 21.1. The first-order valence-electron chi connectivity index (χ1n) is 11.4. The minimum Gasteiger partial charge on any atom is -0.455 e. The molecule has 0 N–H and O–H groups in total. The largest absolute Gasteiger partial charge is 0.455 e. The highest BCUT2D eigenvalue weighted by molar-refractivity contribution is 5.90. The lowest BCUT2D eigenvalue weighted by atomic mass is 9.69. The summed E-state index contributed by atoms with van der Waals surface area (Å²) in [5.41, 5.74) is 1.08. The minimum absolute atomic E-state index is 0.258. The van der Waals surface area contributed by atoms with Crippen molar-refractivity contribution in [2.24, 2.45) is 23.7 Å². The number of ether oxygens (including phenoxy) is 2. The summed E-state index contributed by atoms with van der Waals surface area (Å²) >= 11 is 0. The molecule has 5 heteroatoms. The molecular formula is C26H27NO4. The molecule has 31 heavy (non-hydrogen) atoms. The Bertz CT molecular complexity index is 913. The summed E-state index contributed by atoms with van der Waals surface area (Å²) in [6.45, 7) is 0. The molecule has 0 aromatic heterocycles. The van der Waals surface area contributed by atoms with Crippen LogP contribution in [0.3, 0.4) is 0 Å². The molecule has 0 amide bonds. The van der Waals surface area contributed by atoms with Crippen molar-refractivity contribution in [1.82, 2.24) is 4.90 Å². The number of esters is 2. The third-order valence-corrected chi connectivity index (χ3v) is 8.34. The summed E-state index contributed by atoms with van der Waals surface area (Å²) in [6.07, 6.45) is 2.67. The van der Waals surface area contributed by atoms with E-state index in [1.165, 1.54) is 12.8 Å². The van der Waals surface area contributed by atoms with Gasteiger partial charge in [0.2, 0.25) is 0 Å². The van der Waals surface area contributed by atoms with Crippen LogP contribution >= 0.6 is 0 Å². The van der Waals surface area contributed by atoms with Crippen LogP contribution in [0.2, 0.25) is 0 Å². The van der Waals surface area contributed by atoms with Crippen LogP contribution in [0.4, 0.5) is 0 Å². The van der Waals surface area contributed by atoms with Gasteiger partial charge in [-0.25, -0.2) is 9.59 Å². The fraction of sp³-hybridized carbons (Fsp3) is 0.462. The van der Waals surface area contributed by atoms with Crippen LogP contribution in [-0.4, -0.2) is 48.2 Å². The van der Waals surface area contributed by atoms with E-state index in [0.717, 1.165) is 6.42 Å². The topological polar surface area (TPSA) is 55.8 Å². The molecule has 4 bridgehead atoms. The van der Waals surface area contributed by atoms with E-state index in [9.17, 15) is 9.59 Å². The molecule has 8 atom stereocenters. The van der Waals surface area contributed by atoms with Crippen LogP contribution in [0.25, 0.3) is 0 Å². The second-order valence-corrected chi connectivity index (χ2v) is 9.57. The van der Waals surface area contributed by atoms with E-state index in [4.69, 9.17) is 9.47 Å². The normalized spacial score (nSPS) is 37.6. The molecule has 0 radical (unpaired) electrons. The van der Waals surface area contributed by atoms with Gasteiger partial charge in [-0.3, -0.25) is 4.90 Å². The monoisotopic (exact) mass is 417 g/mol. The Labute approximate surface area is 182 Å². The quantitative estimate of drug-likeness (QED) is 0.709. The summed E-state index contributed by atoms with van der Waals surface area (Å²) in [6, 6.07) is 19.3. The highest BCUT2D eigenvalue weighted by Crippen LogP contribution is 2.64. The Morgan fingerprint density at radius 1 is 0.742 bits per heavy atom. The van der Waals surface area contributed by atoms with Gasteiger partial charge in [0.05, 0.1) is 11.1 Å². The molecule has 2 saturated heterocycles. The molecule has 2 heterocycles. The first-order valence-corrected chi connectivity index (χ1v) is 11.4. The van der Waals surface area contributed by atoms with Crippen LogP contribution < -0.4 is 0 Å². The van der Waals surface area contributed by atoms with E-state index in [-0.39, 0.29) is 36.0 Å². The van der Waals surface area contributed by atoms with Crippen LogP contribution in [-0.2, 0) is 9.47 Å². The van der Waals surface area contributed by atoms with Crippen molar-refractivity contribution >= 4 is 11.9 Å². The van der Waals surface area contributed by atoms with Crippen molar-refractivity contribution in [3.05, 3.63) is 71.8 Å². The number of fused-ring (bicyclic) bond motifs is 9. The average molecular weight is 418 g/mol. The van der Waals surface area contributed by atoms with Crippen LogP contribution in [0.15, 0.2) is 60.7 Å². The molecule has 0 spiro atoms. The number of benzene rings is 2. The van der Waals surface area contributed by atoms with E-state index in [2.05, 4.69) is 11.9 Å². The van der Waals surface area contributed by atoms with E-state index in [1.807, 2.05) is 36.4 Å². The summed E-state index contributed by atoms with van der Waals surface area (Å²) in [4.78, 5) is 28.4. The van der Waals surface area contributed by atoms with Gasteiger partial charge in [0.25, 0.3) is 0 Å². The third kappa shape index (κ3) is 2.86. The third-order valence-electron chi connectivity index (χ3n) is 8.34. The number of carbonyl (C=O) groups excluding carboxylic acids is 2. The fourth-order valence-electron chi connectivity index (χ4n) is 7.24. The first kappa shape index (κ1) is 19.1. The van der Waals surface area contributed by atoms with E-state index >= 15 is 0 Å². The molecule has 2 aliphatic carbocycles. The van der Waals surface area contributed by atoms with Crippen molar-refractivity contribution in [1.29, 1.82) is 0 Å². The summed E-state index contributed by atoms with van der Waals surface area (Å²) in [7, 11) is 2.23. The number of rotatable bonds is 4. The zero-order valence-corrected chi connectivity index (χ0v) is 17.6. The molecule has 160 valence electrons. The fourth-order valence-corrected chi connectivity index (χ4v) is 7.24. The molecule has 5 nitrogen and oxygen atoms in total. The standard InChI is InChI=1S/C26H27NO4/c1-27-19-12-13-20(27)22-18-14-17(21(19)22)23(30-25(28)15-8-4-2-5-9-15)24(18)31-26(29)16-10-6-3-7-11-16/h2-11,17-24H,12-14H2,1H3. The van der Waals surface area contributed by atoms with Crippen molar-refractivity contribution in [3.63, 3.8) is 0 Å². The highest BCUT2D eigenvalue weighted by Gasteiger charge is 2.69. The van der Waals surface area contributed by atoms with Crippen LogP contribution in [0.5, 0.6) is 0 Å². The number of hydrogen-bond donors (Lipinski definition) is 0. The number of nitrogens with zero attached hydrogens (tertiary/aromatic N) is 1. The van der Waals surface area contributed by atoms with Gasteiger partial charge in [-0.1, -0.05) is 36.4 Å². The van der Waals surface area contributed by atoms with Crippen molar-refractivity contribution in [2.45, 2.75) is 43.6 Å². The van der Waals surface area contributed by atoms with Gasteiger partial charge in [0, 0.05) is 23.9 Å². The minimum atomic E-state index is -0.376. The summed E-state index contributed by atoms with van der Waals surface area (Å²) in [5.74, 6) is 0.935. The van der Waals surface area contributed by atoms with Crippen molar-refractivity contribution in [2.75, 3.05) is 7.05 Å². The Morgan fingerprint density at radius 3 is 1.58 bits per heavy atom. The summed E-state index contributed by atoms with van der Waals surface area (Å²) < 4.78 is 12.2. The molecule has 8 unspecified atom stereocenters. The van der Waals surface area contributed by atoms with Crippen molar-refractivity contribution < 1.29 is 19.1 Å². The van der Waals surface area contributed by atoms with Gasteiger partial charge in [-0.2, -0.15) is 0 Å². The second kappa shape index (κ2) is 7.20. The molecule has 2 aromatic carbocycles. The smallest absolute Gasteiger partial charge is 0.338 e. The Balaban J connectivity index is 1.30. The van der Waals surface area contributed by atoms with Gasteiger partial charge in [-0.15, -0.1) is 0 Å². The lowest BCUT2D eigenvalue weighted by molar-refractivity contribution is -0.0823. The molecule has 2 aromatic rings. The highest BCUT2D eigenvalue weighted by atomic mass is 16.6. The molecule has 4 fully saturated rings. The maximum Gasteiger partial charge on any atom is 0.338 e. The SMILES string of the molecule is CN1C2CCC1C1C3CC(C(OC(=O)c4ccccc4)C3OC(=O)c3ccccc3)C12. The molecule has 2 aliphatic heterocycles. The Morgan fingerprint density at radius 2 is 1.16 bits per heavy atom. The summed E-state index contributed by atoms with van der Waals surface area (Å²) in [5, 5.41) is 0. The lowest BCUT2D eigenvalue weighted by Gasteiger charge is -2.41. The predicted octanol–water partition coefficient (Wildman–Crippen LogP) is 3.80. The van der Waals surface area contributed by atoms with E-state index in [0.29, 0.717) is 35.0 Å². The van der Waals surface area contributed by atoms with E-state index < -0.39 is 0 Å². The van der Waals surface area contributed by atoms with Gasteiger partial charge >= 0.3 is 11.9 Å². The predicted molar refractivity (Wildman–Crippen MR) is 114 cm³/mol. The van der Waals surface area contributed by atoms with E-state index in [1.54, 1.807) is 24.3 Å². The number of hydrogen-bond acceptors (Lipinski definition) is 5. The maximum absolute atomic E-state index is 12.9. The average Bonchev–Trinajstić information content (AvgIpc) is 3.54. The lowest BCUT2D eigenvalue weighted by Crippen LogP contribution is -2.49. The van der Waals surface area contributed by atoms with Crippen molar-refractivity contribution in [3.8, 4) is 0 Å². The number of carbonyl (C=O) groups is 2. The van der Waals surface area contributed by atoms with Gasteiger partial charge < -0.3 is 9.47 Å². The molecule has 2 saturated carbocycles. The molecule has 6 rings (SSSR count). The van der Waals surface area contributed by atoms with Gasteiger partial charge in [0.1, 0.15) is 12.2 Å². The van der Waals surface area contributed by atoms with Crippen LogP contribution in [0, 0.1) is 23.7 Å². The first-order chi connectivity index (χ1) is 15.1. The molecular weight excluding hydrogens is 390 g/mol. The maximum atomic E-state index is 12.9.